The van der Waals surface area contributed by atoms with Crippen LogP contribution in [0.15, 0.2) is 18.8 Å². The zero-order valence-electron chi connectivity index (χ0n) is 18.2. The first-order valence-electron chi connectivity index (χ1n) is 10.3. The van der Waals surface area contributed by atoms with E-state index in [1.807, 2.05) is 43.1 Å². The van der Waals surface area contributed by atoms with E-state index in [4.69, 9.17) is 9.72 Å². The van der Waals surface area contributed by atoms with Crippen LogP contribution in [0.1, 0.15) is 45.0 Å². The number of nitrogens with one attached hydrogen (secondary N) is 1. The van der Waals surface area contributed by atoms with E-state index in [1.165, 1.54) is 6.42 Å². The molecule has 4 heterocycles. The second-order valence-corrected chi connectivity index (χ2v) is 9.13. The molecule has 0 aromatic carbocycles. The van der Waals surface area contributed by atoms with E-state index in [1.54, 1.807) is 6.08 Å². The lowest BCUT2D eigenvalue weighted by atomic mass is 10.1. The fourth-order valence-corrected chi connectivity index (χ4v) is 5.34. The Bertz CT molecular complexity index is 1020. The average molecular weight is 540 g/mol. The number of rotatable bonds is 6. The summed E-state index contributed by atoms with van der Waals surface area (Å²) in [6.45, 7) is 13.1. The molecule has 3 aromatic heterocycles. The van der Waals surface area contributed by atoms with Gasteiger partial charge >= 0.3 is 0 Å². The van der Waals surface area contributed by atoms with Gasteiger partial charge in [-0.3, -0.25) is 4.98 Å². The number of fused-ring (bicyclic) bond motifs is 1. The number of aryl methyl sites for hydroxylation is 2. The Morgan fingerprint density at radius 1 is 1.40 bits per heavy atom. The van der Waals surface area contributed by atoms with E-state index in [2.05, 4.69) is 57.1 Å². The van der Waals surface area contributed by atoms with E-state index in [-0.39, 0.29) is 6.10 Å². The van der Waals surface area contributed by atoms with Crippen LogP contribution in [0.3, 0.4) is 0 Å². The summed E-state index contributed by atoms with van der Waals surface area (Å²) in [6, 6.07) is 2.44. The van der Waals surface area contributed by atoms with Crippen LogP contribution in [-0.2, 0) is 7.05 Å². The van der Waals surface area contributed by atoms with Crippen molar-refractivity contribution in [2.75, 3.05) is 6.54 Å². The Morgan fingerprint density at radius 3 is 2.80 bits per heavy atom. The minimum atomic E-state index is 0.0616. The van der Waals surface area contributed by atoms with Crippen molar-refractivity contribution in [1.29, 1.82) is 0 Å². The predicted molar refractivity (Wildman–Crippen MR) is 135 cm³/mol. The Labute approximate surface area is 193 Å². The third-order valence-electron chi connectivity index (χ3n) is 5.26. The molecule has 162 valence electrons. The fourth-order valence-electron chi connectivity index (χ4n) is 3.83. The van der Waals surface area contributed by atoms with Gasteiger partial charge in [0, 0.05) is 18.5 Å². The number of ether oxygens (including phenoxy) is 1. The third-order valence-corrected chi connectivity index (χ3v) is 7.13. The van der Waals surface area contributed by atoms with Crippen LogP contribution >= 0.6 is 28.4 Å². The average Bonchev–Trinajstić information content (AvgIpc) is 3.47. The van der Waals surface area contributed by atoms with Crippen molar-refractivity contribution in [1.82, 2.24) is 29.6 Å². The summed E-state index contributed by atoms with van der Waals surface area (Å²) in [5.41, 5.74) is 4.57. The van der Waals surface area contributed by atoms with E-state index in [9.17, 15) is 0 Å². The number of hydrogen-bond donors (Lipinski definition) is 1. The Balaban J connectivity index is 0.00000124. The second kappa shape index (κ2) is 10.2. The summed E-state index contributed by atoms with van der Waals surface area (Å²) in [4.78, 5) is 4.73. The molecule has 1 aliphatic rings. The lowest BCUT2D eigenvalue weighted by Gasteiger charge is -2.21. The van der Waals surface area contributed by atoms with Crippen LogP contribution in [0, 0.1) is 6.92 Å². The molecule has 1 saturated heterocycles. The first kappa shape index (κ1) is 23.2. The van der Waals surface area contributed by atoms with Crippen molar-refractivity contribution in [3.63, 3.8) is 0 Å². The zero-order chi connectivity index (χ0) is 21.8. The summed E-state index contributed by atoms with van der Waals surface area (Å²) >= 11 is 2.32. The fraction of sp³-hybridized carbons (Fsp3) is 0.476. The van der Waals surface area contributed by atoms with Crippen LogP contribution < -0.4 is 10.1 Å². The lowest BCUT2D eigenvalue weighted by Crippen LogP contribution is -2.37. The molecule has 0 amide bonds. The number of nitrogens with zero attached hydrogens (tertiary/aromatic N) is 5. The highest BCUT2D eigenvalue weighted by Crippen LogP contribution is 2.36. The number of aromatic nitrogens is 5. The van der Waals surface area contributed by atoms with Crippen LogP contribution in [0.2, 0.25) is 0 Å². The van der Waals surface area contributed by atoms with Gasteiger partial charge in [-0.2, -0.15) is 10.2 Å². The monoisotopic (exact) mass is 540 g/mol. The number of pyridine rings is 1. The summed E-state index contributed by atoms with van der Waals surface area (Å²) in [5.74, 6) is 0.758. The van der Waals surface area contributed by atoms with Crippen molar-refractivity contribution in [3.8, 4) is 17.1 Å². The van der Waals surface area contributed by atoms with Gasteiger partial charge in [0.25, 0.3) is 0 Å². The topological polar surface area (TPSA) is 69.8 Å². The Morgan fingerprint density at radius 2 is 2.17 bits per heavy atom. The van der Waals surface area contributed by atoms with Crippen molar-refractivity contribution >= 4 is 45.4 Å². The van der Waals surface area contributed by atoms with Gasteiger partial charge in [-0.25, -0.2) is 9.13 Å². The largest absolute Gasteiger partial charge is 0.473 e. The number of halogens is 1. The van der Waals surface area contributed by atoms with E-state index >= 15 is 0 Å². The molecule has 3 atom stereocenters. The van der Waals surface area contributed by atoms with Crippen molar-refractivity contribution in [2.45, 2.75) is 52.7 Å². The first-order chi connectivity index (χ1) is 14.5. The van der Waals surface area contributed by atoms with Crippen LogP contribution in [0.25, 0.3) is 28.2 Å². The maximum Gasteiger partial charge on any atom is 0.221 e. The van der Waals surface area contributed by atoms with Gasteiger partial charge < -0.3 is 10.1 Å². The van der Waals surface area contributed by atoms with Crippen molar-refractivity contribution < 1.29 is 4.74 Å². The lowest BCUT2D eigenvalue weighted by molar-refractivity contribution is 0.166. The molecule has 1 fully saturated rings. The van der Waals surface area contributed by atoms with Gasteiger partial charge in [0.05, 0.1) is 40.7 Å². The highest BCUT2D eigenvalue weighted by Gasteiger charge is 2.26. The zero-order valence-corrected chi connectivity index (χ0v) is 21.4. The maximum absolute atomic E-state index is 6.39. The second-order valence-electron chi connectivity index (χ2n) is 7.09. The molecule has 0 spiro atoms. The normalized spacial score (nSPS) is 17.3. The van der Waals surface area contributed by atoms with Crippen molar-refractivity contribution in [3.05, 3.63) is 30.2 Å². The predicted octanol–water partition coefficient (Wildman–Crippen LogP) is 5.12. The van der Waals surface area contributed by atoms with Gasteiger partial charge in [0.15, 0.2) is 0 Å². The third kappa shape index (κ3) is 4.41. The molecule has 3 unspecified atom stereocenters. The van der Waals surface area contributed by atoms with Crippen LogP contribution in [0.5, 0.6) is 5.88 Å². The van der Waals surface area contributed by atoms with Crippen LogP contribution in [0.4, 0.5) is 0 Å². The van der Waals surface area contributed by atoms with E-state index in [0.717, 1.165) is 52.4 Å². The molecule has 30 heavy (non-hydrogen) atoms. The highest BCUT2D eigenvalue weighted by atomic mass is 127. The molecular formula is C21H30IN6OP. The minimum absolute atomic E-state index is 0.0616. The van der Waals surface area contributed by atoms with Gasteiger partial charge in [-0.15, -0.1) is 0 Å². The van der Waals surface area contributed by atoms with Gasteiger partial charge in [-0.05, 0) is 67.4 Å². The smallest absolute Gasteiger partial charge is 0.221 e. The quantitative estimate of drug-likeness (QED) is 0.347. The molecule has 0 radical (unpaired) electrons. The van der Waals surface area contributed by atoms with Crippen molar-refractivity contribution in [2.24, 2.45) is 7.05 Å². The molecule has 0 aliphatic carbocycles. The summed E-state index contributed by atoms with van der Waals surface area (Å²) in [6.07, 6.45) is 6.58. The van der Waals surface area contributed by atoms with Crippen LogP contribution in [-0.4, -0.2) is 43.0 Å². The van der Waals surface area contributed by atoms with Gasteiger partial charge in [0.2, 0.25) is 5.88 Å². The molecule has 9 heteroatoms. The summed E-state index contributed by atoms with van der Waals surface area (Å²) < 4.78 is 10.2. The maximum atomic E-state index is 6.39. The Hall–Kier alpha value is -1.51. The van der Waals surface area contributed by atoms with Gasteiger partial charge in [-0.1, -0.05) is 20.4 Å². The molecule has 0 bridgehead atoms. The van der Waals surface area contributed by atoms with Gasteiger partial charge in [0.1, 0.15) is 6.10 Å². The molecular weight excluding hydrogens is 510 g/mol. The molecule has 1 aliphatic heterocycles. The molecule has 3 aromatic rings. The molecule has 4 rings (SSSR count). The SMILES string of the molecule is C=Cc1nn(PI)c2cnc(-c3c(C)nn(C)c3OC(C)C3CCCN3)cc12.CC. The molecule has 0 saturated carbocycles. The highest BCUT2D eigenvalue weighted by molar-refractivity contribution is 14.2. The standard InChI is InChI=1S/C19H24IN6OP.C2H6/c1-5-14-13-9-16(22-10-17(13)26(24-14)28-20)18-11(2)23-25(4)19(18)27-12(3)15-7-6-8-21-15;1-2/h5,9-10,12,15,21,28H,1,6-8H2,2-4H3;1-2H3. The van der Waals surface area contributed by atoms with E-state index in [0.29, 0.717) is 12.4 Å². The number of hydrogen-bond acceptors (Lipinski definition) is 5. The summed E-state index contributed by atoms with van der Waals surface area (Å²) in [7, 11) is 1.92. The summed E-state index contributed by atoms with van der Waals surface area (Å²) in [5, 5.41) is 13.8. The molecule has 1 N–H and O–H groups in total. The molecule has 7 nitrogen and oxygen atoms in total. The van der Waals surface area contributed by atoms with E-state index < -0.39 is 0 Å². The minimum Gasteiger partial charge on any atom is -0.473 e. The Kier molecular flexibility index (Phi) is 7.87. The first-order valence-corrected chi connectivity index (χ1v) is 14.4.